The molecule has 19 heavy (non-hydrogen) atoms. The van der Waals surface area contributed by atoms with Gasteiger partial charge in [-0.15, -0.1) is 0 Å². The Morgan fingerprint density at radius 1 is 1.47 bits per heavy atom. The van der Waals surface area contributed by atoms with Crippen LogP contribution in [0.25, 0.3) is 0 Å². The number of halogens is 1. The molecular formula is C13H12ClN3O2. The lowest BCUT2D eigenvalue weighted by atomic mass is 10.2. The minimum Gasteiger partial charge on any atom is -0.311 e. The molecule has 0 saturated carbocycles. The number of hydrogen-bond donors (Lipinski definition) is 0. The summed E-state index contributed by atoms with van der Waals surface area (Å²) in [5.74, 6) is -0.605. The van der Waals surface area contributed by atoms with Gasteiger partial charge >= 0.3 is 5.97 Å². The van der Waals surface area contributed by atoms with Crippen molar-refractivity contribution >= 4 is 23.8 Å². The zero-order valence-electron chi connectivity index (χ0n) is 10.5. The standard InChI is InChI=1S/C13H12ClN3O2/c1-9-7-12(16-17(9)2)13(18)19-15-8-10-5-3-4-6-11(10)14/h3-8H,1-2H3. The van der Waals surface area contributed by atoms with Crippen LogP contribution < -0.4 is 0 Å². The maximum Gasteiger partial charge on any atom is 0.385 e. The van der Waals surface area contributed by atoms with Crippen LogP contribution in [-0.4, -0.2) is 22.0 Å². The quantitative estimate of drug-likeness (QED) is 0.492. The van der Waals surface area contributed by atoms with E-state index in [2.05, 4.69) is 10.3 Å². The summed E-state index contributed by atoms with van der Waals surface area (Å²) >= 11 is 5.93. The third-order valence-corrected chi connectivity index (χ3v) is 2.90. The first kappa shape index (κ1) is 13.3. The van der Waals surface area contributed by atoms with E-state index in [-0.39, 0.29) is 5.69 Å². The Hall–Kier alpha value is -2.14. The number of benzene rings is 1. The second-order valence-corrected chi connectivity index (χ2v) is 4.34. The number of aryl methyl sites for hydroxylation is 2. The van der Waals surface area contributed by atoms with Crippen molar-refractivity contribution in [2.75, 3.05) is 0 Å². The van der Waals surface area contributed by atoms with E-state index < -0.39 is 5.97 Å². The van der Waals surface area contributed by atoms with Crippen molar-refractivity contribution in [3.63, 3.8) is 0 Å². The maximum absolute atomic E-state index is 11.6. The molecular weight excluding hydrogens is 266 g/mol. The first-order valence-electron chi connectivity index (χ1n) is 5.58. The predicted octanol–water partition coefficient (Wildman–Crippen LogP) is 2.57. The van der Waals surface area contributed by atoms with Crippen molar-refractivity contribution in [2.45, 2.75) is 6.92 Å². The van der Waals surface area contributed by atoms with Gasteiger partial charge in [0.25, 0.3) is 0 Å². The van der Waals surface area contributed by atoms with E-state index in [1.807, 2.05) is 19.1 Å². The average molecular weight is 278 g/mol. The number of oxime groups is 1. The minimum absolute atomic E-state index is 0.219. The fourth-order valence-corrected chi connectivity index (χ4v) is 1.60. The summed E-state index contributed by atoms with van der Waals surface area (Å²) in [5, 5.41) is 8.14. The highest BCUT2D eigenvalue weighted by atomic mass is 35.5. The molecule has 0 aliphatic heterocycles. The lowest BCUT2D eigenvalue weighted by Crippen LogP contribution is -2.03. The Morgan fingerprint density at radius 2 is 2.21 bits per heavy atom. The summed E-state index contributed by atoms with van der Waals surface area (Å²) in [6.07, 6.45) is 1.38. The third kappa shape index (κ3) is 3.20. The van der Waals surface area contributed by atoms with E-state index in [4.69, 9.17) is 16.4 Å². The molecule has 0 aliphatic rings. The molecule has 1 aromatic heterocycles. The summed E-state index contributed by atoms with van der Waals surface area (Å²) in [6.45, 7) is 1.84. The molecule has 6 heteroatoms. The Balaban J connectivity index is 2.03. The van der Waals surface area contributed by atoms with Crippen LogP contribution in [0.3, 0.4) is 0 Å². The molecule has 0 fully saturated rings. The Labute approximate surface area is 115 Å². The van der Waals surface area contributed by atoms with Crippen molar-refractivity contribution in [3.8, 4) is 0 Å². The number of hydrogen-bond acceptors (Lipinski definition) is 4. The van der Waals surface area contributed by atoms with Gasteiger partial charge in [-0.1, -0.05) is 35.0 Å². The average Bonchev–Trinajstić information content (AvgIpc) is 2.72. The summed E-state index contributed by atoms with van der Waals surface area (Å²) in [6, 6.07) is 8.75. The van der Waals surface area contributed by atoms with Gasteiger partial charge in [-0.2, -0.15) is 5.10 Å². The smallest absolute Gasteiger partial charge is 0.311 e. The van der Waals surface area contributed by atoms with E-state index in [1.54, 1.807) is 29.9 Å². The largest absolute Gasteiger partial charge is 0.385 e. The van der Waals surface area contributed by atoms with Crippen LogP contribution in [0.5, 0.6) is 0 Å². The zero-order valence-corrected chi connectivity index (χ0v) is 11.3. The van der Waals surface area contributed by atoms with Crippen LogP contribution in [0.4, 0.5) is 0 Å². The number of carbonyl (C=O) groups is 1. The first-order chi connectivity index (χ1) is 9.08. The predicted molar refractivity (Wildman–Crippen MR) is 72.4 cm³/mol. The van der Waals surface area contributed by atoms with Gasteiger partial charge in [0.2, 0.25) is 0 Å². The molecule has 1 heterocycles. The molecule has 0 unspecified atom stereocenters. The van der Waals surface area contributed by atoms with Gasteiger partial charge in [0.1, 0.15) is 0 Å². The number of carbonyl (C=O) groups excluding carboxylic acids is 1. The van der Waals surface area contributed by atoms with Crippen LogP contribution in [0.1, 0.15) is 21.7 Å². The normalized spacial score (nSPS) is 10.9. The monoisotopic (exact) mass is 277 g/mol. The van der Waals surface area contributed by atoms with Gasteiger partial charge < -0.3 is 4.84 Å². The van der Waals surface area contributed by atoms with Crippen LogP contribution in [-0.2, 0) is 11.9 Å². The molecule has 0 amide bonds. The van der Waals surface area contributed by atoms with Gasteiger partial charge in [-0.3, -0.25) is 4.68 Å². The molecule has 0 atom stereocenters. The molecule has 0 saturated heterocycles. The van der Waals surface area contributed by atoms with Gasteiger partial charge in [-0.25, -0.2) is 4.79 Å². The summed E-state index contributed by atoms with van der Waals surface area (Å²) < 4.78 is 1.59. The van der Waals surface area contributed by atoms with E-state index in [0.29, 0.717) is 10.6 Å². The van der Waals surface area contributed by atoms with Crippen molar-refractivity contribution in [1.29, 1.82) is 0 Å². The summed E-state index contributed by atoms with van der Waals surface area (Å²) in [7, 11) is 1.75. The molecule has 1 aromatic carbocycles. The van der Waals surface area contributed by atoms with Gasteiger partial charge in [0.15, 0.2) is 5.69 Å². The van der Waals surface area contributed by atoms with Gasteiger partial charge in [0, 0.05) is 23.3 Å². The van der Waals surface area contributed by atoms with E-state index >= 15 is 0 Å². The minimum atomic E-state index is -0.605. The molecule has 0 N–H and O–H groups in total. The van der Waals surface area contributed by atoms with Gasteiger partial charge in [-0.05, 0) is 19.1 Å². The number of nitrogens with zero attached hydrogens (tertiary/aromatic N) is 3. The fraction of sp³-hybridized carbons (Fsp3) is 0.154. The summed E-state index contributed by atoms with van der Waals surface area (Å²) in [5.41, 5.74) is 1.76. The van der Waals surface area contributed by atoms with E-state index in [1.165, 1.54) is 6.21 Å². The molecule has 2 rings (SSSR count). The third-order valence-electron chi connectivity index (χ3n) is 2.56. The topological polar surface area (TPSA) is 56.5 Å². The molecule has 2 aromatic rings. The first-order valence-corrected chi connectivity index (χ1v) is 5.95. The van der Waals surface area contributed by atoms with Gasteiger partial charge in [0.05, 0.1) is 6.21 Å². The maximum atomic E-state index is 11.6. The van der Waals surface area contributed by atoms with Crippen molar-refractivity contribution in [1.82, 2.24) is 9.78 Å². The molecule has 0 aliphatic carbocycles. The summed E-state index contributed by atoms with van der Waals surface area (Å²) in [4.78, 5) is 16.4. The van der Waals surface area contributed by atoms with Crippen molar-refractivity contribution in [2.24, 2.45) is 12.2 Å². The zero-order chi connectivity index (χ0) is 13.8. The molecule has 0 spiro atoms. The Kier molecular flexibility index (Phi) is 3.97. The molecule has 0 radical (unpaired) electrons. The Morgan fingerprint density at radius 3 is 2.84 bits per heavy atom. The second-order valence-electron chi connectivity index (χ2n) is 3.93. The van der Waals surface area contributed by atoms with Crippen molar-refractivity contribution in [3.05, 3.63) is 52.3 Å². The highest BCUT2D eigenvalue weighted by Crippen LogP contribution is 2.12. The lowest BCUT2D eigenvalue weighted by molar-refractivity contribution is 0.0511. The van der Waals surface area contributed by atoms with E-state index in [0.717, 1.165) is 5.69 Å². The second kappa shape index (κ2) is 5.67. The lowest BCUT2D eigenvalue weighted by Gasteiger charge is -1.96. The van der Waals surface area contributed by atoms with E-state index in [9.17, 15) is 4.79 Å². The molecule has 98 valence electrons. The molecule has 5 nitrogen and oxygen atoms in total. The van der Waals surface area contributed by atoms with Crippen LogP contribution >= 0.6 is 11.6 Å². The fourth-order valence-electron chi connectivity index (χ4n) is 1.42. The SMILES string of the molecule is Cc1cc(C(=O)ON=Cc2ccccc2Cl)nn1C. The Bertz CT molecular complexity index is 615. The van der Waals surface area contributed by atoms with Crippen LogP contribution in [0.2, 0.25) is 5.02 Å². The van der Waals surface area contributed by atoms with Crippen LogP contribution in [0.15, 0.2) is 35.5 Å². The molecule has 0 bridgehead atoms. The number of rotatable bonds is 3. The number of aromatic nitrogens is 2. The highest BCUT2D eigenvalue weighted by molar-refractivity contribution is 6.33. The highest BCUT2D eigenvalue weighted by Gasteiger charge is 2.12. The van der Waals surface area contributed by atoms with Crippen LogP contribution in [0, 0.1) is 6.92 Å². The van der Waals surface area contributed by atoms with Crippen molar-refractivity contribution < 1.29 is 9.63 Å².